The SMILES string of the molecule is CCCCC(c1ncc(-c2ccc(C)cc2Cl)[nH]1)N1C(=O)CNC1=O. The summed E-state index contributed by atoms with van der Waals surface area (Å²) in [6, 6.07) is 5.05. The van der Waals surface area contributed by atoms with Crippen LogP contribution in [0.3, 0.4) is 0 Å². The molecule has 2 N–H and O–H groups in total. The Balaban J connectivity index is 1.93. The van der Waals surface area contributed by atoms with E-state index < -0.39 is 6.04 Å². The number of rotatable bonds is 6. The molecular weight excluding hydrogens is 340 g/mol. The first kappa shape index (κ1) is 17.5. The summed E-state index contributed by atoms with van der Waals surface area (Å²) < 4.78 is 0. The van der Waals surface area contributed by atoms with E-state index >= 15 is 0 Å². The summed E-state index contributed by atoms with van der Waals surface area (Å²) in [5.41, 5.74) is 2.69. The Hall–Kier alpha value is -2.34. The lowest BCUT2D eigenvalue weighted by Crippen LogP contribution is -2.35. The highest BCUT2D eigenvalue weighted by Crippen LogP contribution is 2.31. The largest absolute Gasteiger partial charge is 0.340 e. The van der Waals surface area contributed by atoms with Gasteiger partial charge >= 0.3 is 6.03 Å². The van der Waals surface area contributed by atoms with Crippen LogP contribution in [-0.2, 0) is 4.79 Å². The average Bonchev–Trinajstić information content (AvgIpc) is 3.17. The maximum atomic E-state index is 12.1. The number of H-pyrrole nitrogens is 1. The number of urea groups is 1. The number of amides is 3. The second-order valence-electron chi connectivity index (χ2n) is 6.25. The summed E-state index contributed by atoms with van der Waals surface area (Å²) in [5.74, 6) is 0.378. The van der Waals surface area contributed by atoms with E-state index in [1.54, 1.807) is 6.20 Å². The predicted octanol–water partition coefficient (Wildman–Crippen LogP) is 3.82. The molecular formula is C18H21ClN4O2. The van der Waals surface area contributed by atoms with Crippen LogP contribution >= 0.6 is 11.6 Å². The van der Waals surface area contributed by atoms with E-state index in [1.165, 1.54) is 4.90 Å². The van der Waals surface area contributed by atoms with Gasteiger partial charge in [0.15, 0.2) is 0 Å². The van der Waals surface area contributed by atoms with Crippen molar-refractivity contribution in [3.8, 4) is 11.3 Å². The van der Waals surface area contributed by atoms with Crippen molar-refractivity contribution in [3.05, 3.63) is 40.8 Å². The molecule has 3 rings (SSSR count). The van der Waals surface area contributed by atoms with Gasteiger partial charge in [-0.15, -0.1) is 0 Å². The molecule has 0 aliphatic carbocycles. The molecule has 2 heterocycles. The zero-order chi connectivity index (χ0) is 18.0. The zero-order valence-electron chi connectivity index (χ0n) is 14.3. The quantitative estimate of drug-likeness (QED) is 0.768. The number of unbranched alkanes of at least 4 members (excludes halogenated alkanes) is 1. The van der Waals surface area contributed by atoms with Gasteiger partial charge in [-0.1, -0.05) is 43.5 Å². The minimum Gasteiger partial charge on any atom is -0.340 e. The van der Waals surface area contributed by atoms with Gasteiger partial charge in [0.2, 0.25) is 0 Å². The summed E-state index contributed by atoms with van der Waals surface area (Å²) >= 11 is 6.33. The molecule has 1 aliphatic rings. The van der Waals surface area contributed by atoms with Crippen molar-refractivity contribution >= 4 is 23.5 Å². The molecule has 3 amide bonds. The van der Waals surface area contributed by atoms with Crippen LogP contribution in [0.15, 0.2) is 24.4 Å². The topological polar surface area (TPSA) is 78.1 Å². The van der Waals surface area contributed by atoms with Crippen LogP contribution < -0.4 is 5.32 Å². The molecule has 0 radical (unpaired) electrons. The number of benzene rings is 1. The van der Waals surface area contributed by atoms with Crippen LogP contribution in [0.2, 0.25) is 5.02 Å². The number of carbonyl (C=O) groups is 2. The molecule has 0 saturated carbocycles. The van der Waals surface area contributed by atoms with Gasteiger partial charge in [0.25, 0.3) is 5.91 Å². The number of imidazole rings is 1. The monoisotopic (exact) mass is 360 g/mol. The van der Waals surface area contributed by atoms with Crippen molar-refractivity contribution in [2.45, 2.75) is 39.2 Å². The van der Waals surface area contributed by atoms with E-state index in [0.717, 1.165) is 29.7 Å². The molecule has 132 valence electrons. The third-order valence-corrected chi connectivity index (χ3v) is 4.66. The number of aromatic amines is 1. The van der Waals surface area contributed by atoms with Gasteiger partial charge in [-0.2, -0.15) is 0 Å². The molecule has 1 saturated heterocycles. The van der Waals surface area contributed by atoms with Crippen molar-refractivity contribution < 1.29 is 9.59 Å². The van der Waals surface area contributed by atoms with Gasteiger partial charge < -0.3 is 10.3 Å². The average molecular weight is 361 g/mol. The number of nitrogens with zero attached hydrogens (tertiary/aromatic N) is 2. The molecule has 25 heavy (non-hydrogen) atoms. The fraction of sp³-hybridized carbons (Fsp3) is 0.389. The maximum Gasteiger partial charge on any atom is 0.325 e. The second-order valence-corrected chi connectivity index (χ2v) is 6.65. The summed E-state index contributed by atoms with van der Waals surface area (Å²) in [6.07, 6.45) is 4.23. The molecule has 0 bridgehead atoms. The van der Waals surface area contributed by atoms with Crippen LogP contribution in [0.25, 0.3) is 11.3 Å². The van der Waals surface area contributed by atoms with Gasteiger partial charge in [-0.3, -0.25) is 9.69 Å². The number of carbonyl (C=O) groups excluding carboxylic acids is 2. The lowest BCUT2D eigenvalue weighted by molar-refractivity contribution is -0.126. The predicted molar refractivity (Wildman–Crippen MR) is 96.3 cm³/mol. The number of imide groups is 1. The lowest BCUT2D eigenvalue weighted by Gasteiger charge is -2.23. The van der Waals surface area contributed by atoms with Crippen LogP contribution in [-0.4, -0.2) is 33.4 Å². The van der Waals surface area contributed by atoms with E-state index in [4.69, 9.17) is 11.6 Å². The fourth-order valence-corrected chi connectivity index (χ4v) is 3.35. The van der Waals surface area contributed by atoms with Crippen LogP contribution in [0.1, 0.15) is 43.6 Å². The Kier molecular flexibility index (Phi) is 5.08. The Morgan fingerprint density at radius 3 is 2.80 bits per heavy atom. The number of aromatic nitrogens is 2. The van der Waals surface area contributed by atoms with Crippen molar-refractivity contribution in [1.82, 2.24) is 20.2 Å². The van der Waals surface area contributed by atoms with Crippen LogP contribution in [0.5, 0.6) is 0 Å². The standard InChI is InChI=1S/C18H21ClN4O2/c1-3-4-5-15(23-16(24)10-21-18(23)25)17-20-9-14(22-17)12-7-6-11(2)8-13(12)19/h6-9,15H,3-5,10H2,1-2H3,(H,20,22)(H,21,25). The van der Waals surface area contributed by atoms with Crippen molar-refractivity contribution in [3.63, 3.8) is 0 Å². The highest BCUT2D eigenvalue weighted by molar-refractivity contribution is 6.33. The summed E-state index contributed by atoms with van der Waals surface area (Å²) in [5, 5.41) is 3.21. The van der Waals surface area contributed by atoms with Crippen LogP contribution in [0.4, 0.5) is 4.79 Å². The Morgan fingerprint density at radius 1 is 1.36 bits per heavy atom. The molecule has 1 fully saturated rings. The minimum absolute atomic E-state index is 0.0405. The molecule has 0 spiro atoms. The molecule has 1 aromatic heterocycles. The maximum absolute atomic E-state index is 12.1. The second kappa shape index (κ2) is 7.27. The van der Waals surface area contributed by atoms with Gasteiger partial charge in [0.1, 0.15) is 5.82 Å². The van der Waals surface area contributed by atoms with E-state index in [2.05, 4.69) is 22.2 Å². The van der Waals surface area contributed by atoms with E-state index in [9.17, 15) is 9.59 Å². The summed E-state index contributed by atoms with van der Waals surface area (Å²) in [4.78, 5) is 33.1. The number of aryl methyl sites for hydroxylation is 1. The molecule has 7 heteroatoms. The molecule has 2 aromatic rings. The van der Waals surface area contributed by atoms with Crippen molar-refractivity contribution in [2.75, 3.05) is 6.54 Å². The molecule has 6 nitrogen and oxygen atoms in total. The van der Waals surface area contributed by atoms with Gasteiger partial charge in [0, 0.05) is 5.56 Å². The van der Waals surface area contributed by atoms with Gasteiger partial charge in [-0.25, -0.2) is 9.78 Å². The van der Waals surface area contributed by atoms with Gasteiger partial charge in [0.05, 0.1) is 29.5 Å². The summed E-state index contributed by atoms with van der Waals surface area (Å²) in [7, 11) is 0. The Morgan fingerprint density at radius 2 is 2.16 bits per heavy atom. The number of halogens is 1. The van der Waals surface area contributed by atoms with Crippen molar-refractivity contribution in [2.24, 2.45) is 0 Å². The highest BCUT2D eigenvalue weighted by atomic mass is 35.5. The smallest absolute Gasteiger partial charge is 0.325 e. The number of hydrogen-bond donors (Lipinski definition) is 2. The zero-order valence-corrected chi connectivity index (χ0v) is 15.1. The molecule has 1 unspecified atom stereocenters. The number of hydrogen-bond acceptors (Lipinski definition) is 3. The molecule has 1 atom stereocenters. The van der Waals surface area contributed by atoms with Gasteiger partial charge in [-0.05, 0) is 25.0 Å². The van der Waals surface area contributed by atoms with Crippen molar-refractivity contribution in [1.29, 1.82) is 0 Å². The minimum atomic E-state index is -0.395. The molecule has 1 aliphatic heterocycles. The first-order valence-electron chi connectivity index (χ1n) is 8.42. The summed E-state index contributed by atoms with van der Waals surface area (Å²) in [6.45, 7) is 4.09. The third kappa shape index (κ3) is 3.54. The van der Waals surface area contributed by atoms with E-state index in [0.29, 0.717) is 17.3 Å². The Labute approximate surface area is 151 Å². The highest BCUT2D eigenvalue weighted by Gasteiger charge is 2.36. The van der Waals surface area contributed by atoms with Crippen LogP contribution in [0, 0.1) is 6.92 Å². The van der Waals surface area contributed by atoms with E-state index in [-0.39, 0.29) is 18.5 Å². The fourth-order valence-electron chi connectivity index (χ4n) is 3.02. The first-order chi connectivity index (χ1) is 12.0. The first-order valence-corrected chi connectivity index (χ1v) is 8.80. The third-order valence-electron chi connectivity index (χ3n) is 4.35. The lowest BCUT2D eigenvalue weighted by atomic mass is 10.1. The van der Waals surface area contributed by atoms with E-state index in [1.807, 2.05) is 25.1 Å². The normalized spacial score (nSPS) is 15.6. The molecule has 1 aromatic carbocycles. The Bertz CT molecular complexity index is 786. The number of nitrogens with one attached hydrogen (secondary N) is 2.